The fraction of sp³-hybridized carbons (Fsp3) is 0.222. The molecule has 5 rings (SSSR count). The molecule has 0 spiro atoms. The van der Waals surface area contributed by atoms with E-state index in [-0.39, 0.29) is 11.3 Å². The van der Waals surface area contributed by atoms with Crippen LogP contribution in [0, 0.1) is 5.41 Å². The highest BCUT2D eigenvalue weighted by atomic mass is 35.5. The van der Waals surface area contributed by atoms with Crippen molar-refractivity contribution >= 4 is 34.8 Å². The van der Waals surface area contributed by atoms with Gasteiger partial charge in [-0.2, -0.15) is 5.10 Å². The van der Waals surface area contributed by atoms with Gasteiger partial charge in [-0.25, -0.2) is 4.68 Å². The number of nitrogens with zero attached hydrogens (tertiary/aromatic N) is 2. The lowest BCUT2D eigenvalue weighted by atomic mass is 9.84. The van der Waals surface area contributed by atoms with Gasteiger partial charge in [0.2, 0.25) is 0 Å². The van der Waals surface area contributed by atoms with Crippen molar-refractivity contribution in [2.24, 2.45) is 11.1 Å². The quantitative estimate of drug-likeness (QED) is 0.526. The molecule has 0 saturated heterocycles. The van der Waals surface area contributed by atoms with Crippen molar-refractivity contribution in [3.63, 3.8) is 0 Å². The van der Waals surface area contributed by atoms with Gasteiger partial charge in [0.05, 0.1) is 16.3 Å². The molecule has 2 aliphatic carbocycles. The van der Waals surface area contributed by atoms with E-state index in [1.165, 1.54) is 0 Å². The minimum Gasteiger partial charge on any atom is -0.364 e. The number of hydrogen-bond donors (Lipinski definition) is 2. The average molecular weight is 473 g/mol. The molecule has 34 heavy (non-hydrogen) atoms. The Balaban J connectivity index is 1.60. The second-order valence-electron chi connectivity index (χ2n) is 9.44. The number of nitrogens with one attached hydrogen (secondary N) is 1. The number of allylic oxidation sites excluding steroid dienone is 4. The van der Waals surface area contributed by atoms with Crippen molar-refractivity contribution in [3.05, 3.63) is 88.1 Å². The van der Waals surface area contributed by atoms with Crippen LogP contribution in [0.3, 0.4) is 0 Å². The van der Waals surface area contributed by atoms with Crippen LogP contribution in [-0.2, 0) is 12.8 Å². The molecule has 2 aliphatic rings. The maximum atomic E-state index is 12.8. The second kappa shape index (κ2) is 8.29. The maximum Gasteiger partial charge on any atom is 0.269 e. The zero-order valence-electron chi connectivity index (χ0n) is 19.1. The number of amides is 2. The number of aryl methyl sites for hydroxylation is 1. The van der Waals surface area contributed by atoms with Crippen LogP contribution in [0.4, 0.5) is 5.69 Å². The SMILES string of the molecule is CC1(C)C=CC=C(n2nc(C(N)=O)c3c2-c2cc(NC(=O)c4ccccc4Cl)ccc2CC3)C1. The number of carbonyl (C=O) groups excluding carboxylic acids is 2. The van der Waals surface area contributed by atoms with Crippen molar-refractivity contribution in [2.75, 3.05) is 5.32 Å². The van der Waals surface area contributed by atoms with Crippen molar-refractivity contribution in [1.29, 1.82) is 0 Å². The summed E-state index contributed by atoms with van der Waals surface area (Å²) in [7, 11) is 0. The number of halogens is 1. The van der Waals surface area contributed by atoms with E-state index in [9.17, 15) is 9.59 Å². The van der Waals surface area contributed by atoms with Crippen LogP contribution in [0.25, 0.3) is 17.0 Å². The van der Waals surface area contributed by atoms with E-state index >= 15 is 0 Å². The normalized spacial score (nSPS) is 15.8. The molecule has 0 fully saturated rings. The molecule has 0 bridgehead atoms. The molecule has 6 nitrogen and oxygen atoms in total. The molecule has 3 N–H and O–H groups in total. The van der Waals surface area contributed by atoms with Gasteiger partial charge in [0.15, 0.2) is 5.69 Å². The van der Waals surface area contributed by atoms with Crippen LogP contribution in [-0.4, -0.2) is 21.6 Å². The minimum absolute atomic E-state index is 0.0297. The van der Waals surface area contributed by atoms with Crippen LogP contribution < -0.4 is 11.1 Å². The van der Waals surface area contributed by atoms with Gasteiger partial charge in [0.1, 0.15) is 0 Å². The Kier molecular flexibility index (Phi) is 5.41. The molecule has 0 aliphatic heterocycles. The van der Waals surface area contributed by atoms with Crippen LogP contribution >= 0.6 is 11.6 Å². The summed E-state index contributed by atoms with van der Waals surface area (Å²) < 4.78 is 1.86. The zero-order valence-corrected chi connectivity index (χ0v) is 19.8. The first-order chi connectivity index (χ1) is 16.2. The Bertz CT molecular complexity index is 1400. The summed E-state index contributed by atoms with van der Waals surface area (Å²) in [6, 6.07) is 12.8. The summed E-state index contributed by atoms with van der Waals surface area (Å²) in [5, 5.41) is 8.01. The number of nitrogens with two attached hydrogens (primary N) is 1. The van der Waals surface area contributed by atoms with E-state index in [4.69, 9.17) is 17.3 Å². The summed E-state index contributed by atoms with van der Waals surface area (Å²) in [6.45, 7) is 4.33. The van der Waals surface area contributed by atoms with Gasteiger partial charge in [-0.05, 0) is 60.6 Å². The molecule has 0 unspecified atom stereocenters. The van der Waals surface area contributed by atoms with Crippen molar-refractivity contribution in [1.82, 2.24) is 9.78 Å². The van der Waals surface area contributed by atoms with Gasteiger partial charge in [0.25, 0.3) is 11.8 Å². The van der Waals surface area contributed by atoms with Crippen molar-refractivity contribution < 1.29 is 9.59 Å². The highest BCUT2D eigenvalue weighted by Crippen LogP contribution is 2.41. The first-order valence-corrected chi connectivity index (χ1v) is 11.6. The van der Waals surface area contributed by atoms with Gasteiger partial charge in [0, 0.05) is 22.5 Å². The standard InChI is InChI=1S/C27H25ClN4O2/c1-27(2)13-5-6-18(15-27)32-24-20(23(31-32)25(29)33)12-10-16-9-11-17(14-21(16)24)30-26(34)19-7-3-4-8-22(19)28/h3-9,11,13-14H,10,12,15H2,1-2H3,(H2,29,33)(H,30,34). The summed E-state index contributed by atoms with van der Waals surface area (Å²) >= 11 is 6.20. The number of carbonyl (C=O) groups is 2. The average Bonchev–Trinajstić information content (AvgIpc) is 3.19. The highest BCUT2D eigenvalue weighted by Gasteiger charge is 2.31. The lowest BCUT2D eigenvalue weighted by Gasteiger charge is -2.27. The van der Waals surface area contributed by atoms with Crippen molar-refractivity contribution in [3.8, 4) is 11.3 Å². The van der Waals surface area contributed by atoms with Gasteiger partial charge in [-0.3, -0.25) is 9.59 Å². The molecule has 0 atom stereocenters. The number of anilines is 1. The fourth-order valence-electron chi connectivity index (χ4n) is 4.72. The maximum absolute atomic E-state index is 12.8. The molecule has 7 heteroatoms. The van der Waals surface area contributed by atoms with Gasteiger partial charge < -0.3 is 11.1 Å². The summed E-state index contributed by atoms with van der Waals surface area (Å²) in [5.41, 5.74) is 11.8. The third-order valence-corrected chi connectivity index (χ3v) is 6.68. The second-order valence-corrected chi connectivity index (χ2v) is 9.85. The number of primary amides is 1. The number of fused-ring (bicyclic) bond motifs is 3. The predicted molar refractivity (Wildman–Crippen MR) is 135 cm³/mol. The number of benzene rings is 2. The Labute approximate surface area is 203 Å². The van der Waals surface area contributed by atoms with E-state index in [0.717, 1.165) is 40.9 Å². The molecule has 0 saturated carbocycles. The van der Waals surface area contributed by atoms with E-state index in [0.29, 0.717) is 28.4 Å². The highest BCUT2D eigenvalue weighted by molar-refractivity contribution is 6.34. The van der Waals surface area contributed by atoms with Crippen LogP contribution in [0.15, 0.2) is 60.7 Å². The predicted octanol–water partition coefficient (Wildman–Crippen LogP) is 5.48. The minimum atomic E-state index is -0.534. The first-order valence-electron chi connectivity index (χ1n) is 11.2. The molecule has 172 valence electrons. The Morgan fingerprint density at radius 1 is 1.15 bits per heavy atom. The molecule has 2 amide bonds. The molecule has 2 aromatic carbocycles. The van der Waals surface area contributed by atoms with Crippen LogP contribution in [0.5, 0.6) is 0 Å². The third kappa shape index (κ3) is 3.94. The van der Waals surface area contributed by atoms with Gasteiger partial charge in [-0.15, -0.1) is 0 Å². The van der Waals surface area contributed by atoms with Crippen LogP contribution in [0.1, 0.15) is 52.2 Å². The van der Waals surface area contributed by atoms with E-state index in [2.05, 4.69) is 30.3 Å². The monoisotopic (exact) mass is 472 g/mol. The zero-order chi connectivity index (χ0) is 24.0. The lowest BCUT2D eigenvalue weighted by molar-refractivity contribution is 0.0992. The fourth-order valence-corrected chi connectivity index (χ4v) is 4.94. The first kappa shape index (κ1) is 22.2. The van der Waals surface area contributed by atoms with Gasteiger partial charge >= 0.3 is 0 Å². The molecular formula is C27H25ClN4O2. The summed E-state index contributed by atoms with van der Waals surface area (Å²) in [4.78, 5) is 25.1. The lowest BCUT2D eigenvalue weighted by Crippen LogP contribution is -2.17. The Morgan fingerprint density at radius 2 is 1.94 bits per heavy atom. The largest absolute Gasteiger partial charge is 0.364 e. The molecule has 3 aromatic rings. The van der Waals surface area contributed by atoms with Crippen molar-refractivity contribution in [2.45, 2.75) is 33.1 Å². The molecule has 1 heterocycles. The topological polar surface area (TPSA) is 90.0 Å². The smallest absolute Gasteiger partial charge is 0.269 e. The number of rotatable bonds is 4. The number of aromatic nitrogens is 2. The molecule has 0 radical (unpaired) electrons. The number of hydrogen-bond acceptors (Lipinski definition) is 3. The van der Waals surface area contributed by atoms with Gasteiger partial charge in [-0.1, -0.05) is 55.8 Å². The third-order valence-electron chi connectivity index (χ3n) is 6.35. The Morgan fingerprint density at radius 3 is 2.68 bits per heavy atom. The van der Waals surface area contributed by atoms with E-state index in [1.54, 1.807) is 24.3 Å². The Hall–Kier alpha value is -3.64. The molecule has 1 aromatic heterocycles. The van der Waals surface area contributed by atoms with E-state index < -0.39 is 5.91 Å². The molecular weight excluding hydrogens is 448 g/mol. The summed E-state index contributed by atoms with van der Waals surface area (Å²) in [6.07, 6.45) is 8.43. The van der Waals surface area contributed by atoms with Crippen LogP contribution in [0.2, 0.25) is 5.02 Å². The summed E-state index contributed by atoms with van der Waals surface area (Å²) in [5.74, 6) is -0.817. The van der Waals surface area contributed by atoms with E-state index in [1.807, 2.05) is 35.0 Å².